The highest BCUT2D eigenvalue weighted by molar-refractivity contribution is 5.95. The summed E-state index contributed by atoms with van der Waals surface area (Å²) in [6, 6.07) is 20.6. The van der Waals surface area contributed by atoms with Crippen LogP contribution in [-0.4, -0.2) is 24.0 Å². The molecule has 1 atom stereocenters. The number of aromatic nitrogens is 1. The Morgan fingerprint density at radius 1 is 1.07 bits per heavy atom. The van der Waals surface area contributed by atoms with E-state index in [9.17, 15) is 4.79 Å². The van der Waals surface area contributed by atoms with Gasteiger partial charge in [-0.15, -0.1) is 0 Å². The SMILES string of the molecule is CCN(CC)c1cccc(-c2cc(C(=O)NC3CCCc4ccccc43)ccn2)c1. The first-order chi connectivity index (χ1) is 14.7. The summed E-state index contributed by atoms with van der Waals surface area (Å²) >= 11 is 0. The summed E-state index contributed by atoms with van der Waals surface area (Å²) in [6.45, 7) is 6.23. The van der Waals surface area contributed by atoms with Crippen LogP contribution >= 0.6 is 0 Å². The van der Waals surface area contributed by atoms with Gasteiger partial charge in [0.25, 0.3) is 5.91 Å². The number of benzene rings is 2. The largest absolute Gasteiger partial charge is 0.372 e. The minimum absolute atomic E-state index is 0.0414. The number of hydrogen-bond acceptors (Lipinski definition) is 3. The van der Waals surface area contributed by atoms with E-state index in [0.29, 0.717) is 5.56 Å². The molecule has 0 bridgehead atoms. The van der Waals surface area contributed by atoms with Crippen molar-refractivity contribution in [1.29, 1.82) is 0 Å². The van der Waals surface area contributed by atoms with Gasteiger partial charge in [-0.3, -0.25) is 9.78 Å². The van der Waals surface area contributed by atoms with Gasteiger partial charge in [0, 0.05) is 36.1 Å². The van der Waals surface area contributed by atoms with Crippen molar-refractivity contribution in [2.75, 3.05) is 18.0 Å². The molecule has 0 spiro atoms. The number of carbonyl (C=O) groups is 1. The zero-order valence-electron chi connectivity index (χ0n) is 17.8. The molecular weight excluding hydrogens is 370 g/mol. The fourth-order valence-corrected chi connectivity index (χ4v) is 4.33. The smallest absolute Gasteiger partial charge is 0.251 e. The van der Waals surface area contributed by atoms with E-state index in [1.165, 1.54) is 16.8 Å². The Hall–Kier alpha value is -3.14. The first-order valence-electron chi connectivity index (χ1n) is 10.9. The summed E-state index contributed by atoms with van der Waals surface area (Å²) < 4.78 is 0. The van der Waals surface area contributed by atoms with Crippen LogP contribution < -0.4 is 10.2 Å². The van der Waals surface area contributed by atoms with Crippen molar-refractivity contribution in [3.63, 3.8) is 0 Å². The molecular formula is C26H29N3O. The molecule has 1 N–H and O–H groups in total. The lowest BCUT2D eigenvalue weighted by molar-refractivity contribution is 0.0932. The second kappa shape index (κ2) is 9.12. The molecule has 3 aromatic rings. The number of pyridine rings is 1. The van der Waals surface area contributed by atoms with Crippen molar-refractivity contribution in [3.8, 4) is 11.3 Å². The molecule has 1 aromatic heterocycles. The second-order valence-corrected chi connectivity index (χ2v) is 7.77. The summed E-state index contributed by atoms with van der Waals surface area (Å²) in [4.78, 5) is 19.9. The molecule has 1 unspecified atom stereocenters. The molecule has 30 heavy (non-hydrogen) atoms. The number of fused-ring (bicyclic) bond motifs is 1. The molecule has 0 radical (unpaired) electrons. The molecule has 0 saturated heterocycles. The molecule has 4 heteroatoms. The van der Waals surface area contributed by atoms with Crippen LogP contribution in [0, 0.1) is 0 Å². The topological polar surface area (TPSA) is 45.2 Å². The van der Waals surface area contributed by atoms with E-state index < -0.39 is 0 Å². The molecule has 1 aliphatic carbocycles. The zero-order valence-corrected chi connectivity index (χ0v) is 17.8. The van der Waals surface area contributed by atoms with Crippen LogP contribution in [0.3, 0.4) is 0 Å². The fourth-order valence-electron chi connectivity index (χ4n) is 4.33. The average molecular weight is 400 g/mol. The Labute approximate surface area is 179 Å². The standard InChI is InChI=1S/C26H29N3O/c1-3-29(4-2)22-12-7-11-20(17-22)25-18-21(15-16-27-25)26(30)28-24-14-8-10-19-9-5-6-13-23(19)24/h5-7,9,11-13,15-18,24H,3-4,8,10,14H2,1-2H3,(H,28,30). The Morgan fingerprint density at radius 3 is 2.73 bits per heavy atom. The number of anilines is 1. The van der Waals surface area contributed by atoms with Gasteiger partial charge in [-0.05, 0) is 68.5 Å². The lowest BCUT2D eigenvalue weighted by Crippen LogP contribution is -2.31. The highest BCUT2D eigenvalue weighted by Crippen LogP contribution is 2.30. The average Bonchev–Trinajstić information content (AvgIpc) is 2.80. The third-order valence-electron chi connectivity index (χ3n) is 5.97. The maximum Gasteiger partial charge on any atom is 0.251 e. The van der Waals surface area contributed by atoms with Gasteiger partial charge < -0.3 is 10.2 Å². The van der Waals surface area contributed by atoms with Crippen LogP contribution in [0.15, 0.2) is 66.9 Å². The van der Waals surface area contributed by atoms with Gasteiger partial charge in [-0.25, -0.2) is 0 Å². The third-order valence-corrected chi connectivity index (χ3v) is 5.97. The van der Waals surface area contributed by atoms with E-state index in [1.54, 1.807) is 12.3 Å². The summed E-state index contributed by atoms with van der Waals surface area (Å²) in [5.41, 5.74) is 6.26. The van der Waals surface area contributed by atoms with Gasteiger partial charge in [0.2, 0.25) is 0 Å². The van der Waals surface area contributed by atoms with Gasteiger partial charge in [0.1, 0.15) is 0 Å². The molecule has 4 nitrogen and oxygen atoms in total. The van der Waals surface area contributed by atoms with Crippen LogP contribution in [0.1, 0.15) is 54.2 Å². The summed E-state index contributed by atoms with van der Waals surface area (Å²) in [7, 11) is 0. The molecule has 1 amide bonds. The van der Waals surface area contributed by atoms with Gasteiger partial charge >= 0.3 is 0 Å². The number of aryl methyl sites for hydroxylation is 1. The second-order valence-electron chi connectivity index (χ2n) is 7.77. The van der Waals surface area contributed by atoms with Crippen molar-refractivity contribution in [3.05, 3.63) is 83.6 Å². The van der Waals surface area contributed by atoms with Crippen molar-refractivity contribution in [2.45, 2.75) is 39.2 Å². The number of nitrogens with one attached hydrogen (secondary N) is 1. The predicted molar refractivity (Wildman–Crippen MR) is 123 cm³/mol. The molecule has 4 rings (SSSR count). The molecule has 0 fully saturated rings. The van der Waals surface area contributed by atoms with E-state index in [4.69, 9.17) is 0 Å². The minimum Gasteiger partial charge on any atom is -0.372 e. The number of hydrogen-bond donors (Lipinski definition) is 1. The number of amides is 1. The molecule has 154 valence electrons. The lowest BCUT2D eigenvalue weighted by atomic mass is 9.87. The van der Waals surface area contributed by atoms with Crippen molar-refractivity contribution in [2.24, 2.45) is 0 Å². The summed E-state index contributed by atoms with van der Waals surface area (Å²) in [5, 5.41) is 3.24. The zero-order chi connectivity index (χ0) is 20.9. The predicted octanol–water partition coefficient (Wildman–Crippen LogP) is 5.40. The Kier molecular flexibility index (Phi) is 6.12. The van der Waals surface area contributed by atoms with Gasteiger partial charge in [0.15, 0.2) is 0 Å². The van der Waals surface area contributed by atoms with E-state index >= 15 is 0 Å². The Morgan fingerprint density at radius 2 is 1.90 bits per heavy atom. The molecule has 2 aromatic carbocycles. The first-order valence-corrected chi connectivity index (χ1v) is 10.9. The summed E-state index contributed by atoms with van der Waals surface area (Å²) in [6.07, 6.45) is 4.89. The Balaban J connectivity index is 1.56. The Bertz CT molecular complexity index is 1030. The van der Waals surface area contributed by atoms with E-state index in [1.807, 2.05) is 12.1 Å². The highest BCUT2D eigenvalue weighted by Gasteiger charge is 2.22. The number of carbonyl (C=O) groups excluding carboxylic acids is 1. The maximum atomic E-state index is 13.0. The lowest BCUT2D eigenvalue weighted by Gasteiger charge is -2.26. The number of rotatable bonds is 6. The molecule has 0 aliphatic heterocycles. The van der Waals surface area contributed by atoms with Crippen LogP contribution in [0.25, 0.3) is 11.3 Å². The quantitative estimate of drug-likeness (QED) is 0.603. The molecule has 1 aliphatic rings. The van der Waals surface area contributed by atoms with Crippen LogP contribution in [0.4, 0.5) is 5.69 Å². The van der Waals surface area contributed by atoms with Gasteiger partial charge in [0.05, 0.1) is 11.7 Å². The molecule has 1 heterocycles. The minimum atomic E-state index is -0.0414. The first kappa shape index (κ1) is 20.1. The monoisotopic (exact) mass is 399 g/mol. The molecule has 0 saturated carbocycles. The highest BCUT2D eigenvalue weighted by atomic mass is 16.1. The van der Waals surface area contributed by atoms with E-state index in [2.05, 4.69) is 71.5 Å². The number of nitrogens with zero attached hydrogens (tertiary/aromatic N) is 2. The van der Waals surface area contributed by atoms with Crippen molar-refractivity contribution < 1.29 is 4.79 Å². The van der Waals surface area contributed by atoms with Gasteiger partial charge in [-0.1, -0.05) is 36.4 Å². The van der Waals surface area contributed by atoms with Crippen LogP contribution in [0.2, 0.25) is 0 Å². The van der Waals surface area contributed by atoms with E-state index in [-0.39, 0.29) is 11.9 Å². The third kappa shape index (κ3) is 4.23. The van der Waals surface area contributed by atoms with Gasteiger partial charge in [-0.2, -0.15) is 0 Å². The van der Waals surface area contributed by atoms with Crippen molar-refractivity contribution in [1.82, 2.24) is 10.3 Å². The van der Waals surface area contributed by atoms with E-state index in [0.717, 1.165) is 43.6 Å². The maximum absolute atomic E-state index is 13.0. The normalized spacial score (nSPS) is 15.3. The summed E-state index contributed by atoms with van der Waals surface area (Å²) in [5.74, 6) is -0.0414. The van der Waals surface area contributed by atoms with Crippen LogP contribution in [-0.2, 0) is 6.42 Å². The van der Waals surface area contributed by atoms with Crippen molar-refractivity contribution >= 4 is 11.6 Å². The fraction of sp³-hybridized carbons (Fsp3) is 0.308. The van der Waals surface area contributed by atoms with Crippen LogP contribution in [0.5, 0.6) is 0 Å².